The molecule has 0 aromatic carbocycles. The Balaban J connectivity index is 2.93. The summed E-state index contributed by atoms with van der Waals surface area (Å²) in [6, 6.07) is 3.64. The minimum absolute atomic E-state index is 0.365. The Bertz CT molecular complexity index is 469. The predicted octanol–water partition coefficient (Wildman–Crippen LogP) is 4.55. The van der Waals surface area contributed by atoms with E-state index in [4.69, 9.17) is 4.74 Å². The van der Waals surface area contributed by atoms with Crippen LogP contribution in [0.2, 0.25) is 0 Å². The van der Waals surface area contributed by atoms with Crippen molar-refractivity contribution in [3.05, 3.63) is 35.6 Å². The van der Waals surface area contributed by atoms with E-state index in [0.29, 0.717) is 16.8 Å². The molecule has 0 fully saturated rings. The van der Waals surface area contributed by atoms with E-state index in [2.05, 4.69) is 27.5 Å². The summed E-state index contributed by atoms with van der Waals surface area (Å²) in [5, 5.41) is 0. The van der Waals surface area contributed by atoms with Crippen molar-refractivity contribution >= 4 is 27.7 Å². The van der Waals surface area contributed by atoms with Crippen LogP contribution >= 0.6 is 15.9 Å². The summed E-state index contributed by atoms with van der Waals surface area (Å²) in [4.78, 5) is 18.1. The fourth-order valence-corrected chi connectivity index (χ4v) is 2.06. The van der Waals surface area contributed by atoms with E-state index in [1.165, 1.54) is 0 Å². The number of amides is 1. The van der Waals surface area contributed by atoms with Gasteiger partial charge in [-0.05, 0) is 61.7 Å². The van der Waals surface area contributed by atoms with Gasteiger partial charge in [0.05, 0.1) is 5.69 Å². The van der Waals surface area contributed by atoms with Crippen LogP contribution in [-0.2, 0) is 4.74 Å². The summed E-state index contributed by atoms with van der Waals surface area (Å²) >= 11 is 3.37. The van der Waals surface area contributed by atoms with Gasteiger partial charge in [-0.1, -0.05) is 6.08 Å². The van der Waals surface area contributed by atoms with Crippen molar-refractivity contribution in [2.24, 2.45) is 0 Å². The Hall–Kier alpha value is -1.36. The molecule has 1 rings (SSSR count). The summed E-state index contributed by atoms with van der Waals surface area (Å²) in [5.74, 6) is 0. The lowest BCUT2D eigenvalue weighted by Crippen LogP contribution is -2.37. The molecule has 0 N–H and O–H groups in total. The van der Waals surface area contributed by atoms with E-state index >= 15 is 0 Å². The molecule has 1 amide bonds. The van der Waals surface area contributed by atoms with E-state index in [-0.39, 0.29) is 6.09 Å². The second-order valence-electron chi connectivity index (χ2n) is 5.38. The van der Waals surface area contributed by atoms with Gasteiger partial charge >= 0.3 is 6.09 Å². The fraction of sp³-hybridized carbons (Fsp3) is 0.467. The molecule has 5 heteroatoms. The first-order valence-electron chi connectivity index (χ1n) is 6.57. The fourth-order valence-electron chi connectivity index (χ4n) is 1.60. The van der Waals surface area contributed by atoms with Crippen LogP contribution in [0, 0.1) is 0 Å². The van der Waals surface area contributed by atoms with Crippen molar-refractivity contribution in [1.29, 1.82) is 0 Å². The predicted molar refractivity (Wildman–Crippen MR) is 84.9 cm³/mol. The lowest BCUT2D eigenvalue weighted by atomic mass is 10.2. The van der Waals surface area contributed by atoms with Crippen LogP contribution in [0.3, 0.4) is 0 Å². The van der Waals surface area contributed by atoms with Gasteiger partial charge in [-0.3, -0.25) is 4.90 Å². The average molecular weight is 341 g/mol. The molecular formula is C15H21BrN2O2. The van der Waals surface area contributed by atoms with Crippen LogP contribution in [0.1, 0.15) is 33.6 Å². The Kier molecular flexibility index (Phi) is 6.20. The lowest BCUT2D eigenvalue weighted by molar-refractivity contribution is 0.0579. The number of allylic oxidation sites excluding steroid dienone is 1. The Labute approximate surface area is 129 Å². The zero-order valence-electron chi connectivity index (χ0n) is 12.2. The van der Waals surface area contributed by atoms with Gasteiger partial charge in [0, 0.05) is 12.7 Å². The second-order valence-corrected chi connectivity index (χ2v) is 6.13. The highest BCUT2D eigenvalue weighted by Gasteiger charge is 2.24. The molecule has 0 saturated heterocycles. The van der Waals surface area contributed by atoms with Crippen LogP contribution in [-0.4, -0.2) is 23.2 Å². The van der Waals surface area contributed by atoms with E-state index in [1.807, 2.05) is 32.9 Å². The highest BCUT2D eigenvalue weighted by Crippen LogP contribution is 2.25. The van der Waals surface area contributed by atoms with Crippen LogP contribution in [0.4, 0.5) is 10.5 Å². The molecule has 1 aromatic heterocycles. The molecule has 110 valence electrons. The van der Waals surface area contributed by atoms with Crippen molar-refractivity contribution in [3.63, 3.8) is 0 Å². The molecule has 1 aromatic rings. The van der Waals surface area contributed by atoms with Gasteiger partial charge in [-0.2, -0.15) is 0 Å². The molecule has 0 unspecified atom stereocenters. The average Bonchev–Trinajstić information content (AvgIpc) is 2.34. The molecule has 4 nitrogen and oxygen atoms in total. The molecule has 0 aliphatic rings. The van der Waals surface area contributed by atoms with Crippen molar-refractivity contribution in [1.82, 2.24) is 4.98 Å². The minimum atomic E-state index is -0.525. The maximum atomic E-state index is 12.3. The molecular weight excluding hydrogens is 320 g/mol. The van der Waals surface area contributed by atoms with Gasteiger partial charge in [-0.15, -0.1) is 6.58 Å². The highest BCUT2D eigenvalue weighted by molar-refractivity contribution is 9.10. The Morgan fingerprint density at radius 1 is 1.55 bits per heavy atom. The van der Waals surface area contributed by atoms with E-state index in [9.17, 15) is 4.79 Å². The monoisotopic (exact) mass is 340 g/mol. The van der Waals surface area contributed by atoms with Crippen LogP contribution in [0.15, 0.2) is 35.6 Å². The number of hydrogen-bond acceptors (Lipinski definition) is 3. The normalized spacial score (nSPS) is 11.0. The number of aromatic nitrogens is 1. The number of unbranched alkanes of at least 4 members (excludes halogenated alkanes) is 1. The first-order valence-corrected chi connectivity index (χ1v) is 7.36. The topological polar surface area (TPSA) is 42.4 Å². The third-order valence-corrected chi connectivity index (χ3v) is 3.05. The highest BCUT2D eigenvalue weighted by atomic mass is 79.9. The summed E-state index contributed by atoms with van der Waals surface area (Å²) in [5.41, 5.74) is 0.188. The lowest BCUT2D eigenvalue weighted by Gasteiger charge is -2.27. The molecule has 20 heavy (non-hydrogen) atoms. The second kappa shape index (κ2) is 7.43. The number of rotatable bonds is 5. The van der Waals surface area contributed by atoms with E-state index < -0.39 is 5.60 Å². The number of nitrogens with zero attached hydrogens (tertiary/aromatic N) is 2. The molecule has 0 saturated carbocycles. The van der Waals surface area contributed by atoms with Crippen LogP contribution in [0.5, 0.6) is 0 Å². The number of carbonyl (C=O) groups excluding carboxylic acids is 1. The van der Waals surface area contributed by atoms with Crippen molar-refractivity contribution in [2.75, 3.05) is 11.4 Å². The molecule has 0 radical (unpaired) electrons. The standard InChI is InChI=1S/C15H21BrN2O2/c1-5-6-7-11-18(14(19)20-15(2,3)4)12-9-8-10-17-13(12)16/h5,8-10H,1,6-7,11H2,2-4H3. The van der Waals surface area contributed by atoms with E-state index in [1.54, 1.807) is 17.2 Å². The van der Waals surface area contributed by atoms with Crippen LogP contribution in [0.25, 0.3) is 0 Å². The Morgan fingerprint density at radius 2 is 2.25 bits per heavy atom. The number of halogens is 1. The molecule has 0 aliphatic carbocycles. The number of hydrogen-bond donors (Lipinski definition) is 0. The minimum Gasteiger partial charge on any atom is -0.443 e. The van der Waals surface area contributed by atoms with Gasteiger partial charge in [0.15, 0.2) is 0 Å². The maximum Gasteiger partial charge on any atom is 0.414 e. The number of carbonyl (C=O) groups is 1. The smallest absolute Gasteiger partial charge is 0.414 e. The summed E-state index contributed by atoms with van der Waals surface area (Å²) < 4.78 is 6.08. The van der Waals surface area contributed by atoms with Crippen LogP contribution < -0.4 is 4.90 Å². The van der Waals surface area contributed by atoms with Gasteiger partial charge in [-0.25, -0.2) is 9.78 Å². The van der Waals surface area contributed by atoms with Gasteiger partial charge < -0.3 is 4.74 Å². The van der Waals surface area contributed by atoms with Crippen molar-refractivity contribution in [3.8, 4) is 0 Å². The van der Waals surface area contributed by atoms with Gasteiger partial charge in [0.1, 0.15) is 10.2 Å². The third kappa shape index (κ3) is 5.33. The maximum absolute atomic E-state index is 12.3. The summed E-state index contributed by atoms with van der Waals surface area (Å²) in [7, 11) is 0. The van der Waals surface area contributed by atoms with Crippen molar-refractivity contribution < 1.29 is 9.53 Å². The number of anilines is 1. The molecule has 1 heterocycles. The summed E-state index contributed by atoms with van der Waals surface area (Å²) in [6.07, 6.45) is 4.81. The zero-order valence-corrected chi connectivity index (χ0v) is 13.8. The quantitative estimate of drug-likeness (QED) is 0.448. The summed E-state index contributed by atoms with van der Waals surface area (Å²) in [6.45, 7) is 9.81. The van der Waals surface area contributed by atoms with Gasteiger partial charge in [0.25, 0.3) is 0 Å². The van der Waals surface area contributed by atoms with Gasteiger partial charge in [0.2, 0.25) is 0 Å². The number of pyridine rings is 1. The largest absolute Gasteiger partial charge is 0.443 e. The molecule has 0 atom stereocenters. The molecule has 0 aliphatic heterocycles. The zero-order chi connectivity index (χ0) is 15.2. The SMILES string of the molecule is C=CCCCN(C(=O)OC(C)(C)C)c1cccnc1Br. The molecule has 0 bridgehead atoms. The van der Waals surface area contributed by atoms with E-state index in [0.717, 1.165) is 12.8 Å². The Morgan fingerprint density at radius 3 is 2.80 bits per heavy atom. The first-order chi connectivity index (χ1) is 9.35. The first kappa shape index (κ1) is 16.7. The molecule has 0 spiro atoms. The van der Waals surface area contributed by atoms with Crippen molar-refractivity contribution in [2.45, 2.75) is 39.2 Å². The third-order valence-electron chi connectivity index (χ3n) is 2.43. The number of ether oxygens (including phenoxy) is 1.